The average molecular weight is 264 g/mol. The van der Waals surface area contributed by atoms with Crippen molar-refractivity contribution in [3.05, 3.63) is 35.6 Å². The molecule has 2 rings (SSSR count). The highest BCUT2D eigenvalue weighted by molar-refractivity contribution is 5.22. The fraction of sp³-hybridized carbons (Fsp3) is 0.647. The standard InChI is InChI=1S/C17H25FO/c1-12-6-5-11-16(2,3)17(12,4)15(19)13-7-9-14(18)10-8-13/h7-10,12,15,19H,5-6,11H2,1-4H3/t12-,15?,17-/m0/s1. The maximum absolute atomic E-state index is 13.0. The number of benzene rings is 1. The number of hydrogen-bond acceptors (Lipinski definition) is 1. The maximum Gasteiger partial charge on any atom is 0.123 e. The molecule has 1 unspecified atom stereocenters. The quantitative estimate of drug-likeness (QED) is 0.820. The number of aliphatic hydroxyl groups is 1. The van der Waals surface area contributed by atoms with Gasteiger partial charge >= 0.3 is 0 Å². The lowest BCUT2D eigenvalue weighted by Crippen LogP contribution is -2.48. The highest BCUT2D eigenvalue weighted by atomic mass is 19.1. The molecule has 1 aliphatic carbocycles. The minimum absolute atomic E-state index is 0.0818. The second kappa shape index (κ2) is 4.90. The Bertz CT molecular complexity index is 437. The third kappa shape index (κ3) is 2.31. The summed E-state index contributed by atoms with van der Waals surface area (Å²) in [5, 5.41) is 10.9. The molecule has 1 nitrogen and oxygen atoms in total. The first-order valence-electron chi connectivity index (χ1n) is 7.22. The molecule has 1 N–H and O–H groups in total. The van der Waals surface area contributed by atoms with Crippen molar-refractivity contribution in [3.8, 4) is 0 Å². The van der Waals surface area contributed by atoms with Crippen molar-refractivity contribution in [2.75, 3.05) is 0 Å². The van der Waals surface area contributed by atoms with Gasteiger partial charge in [0.25, 0.3) is 0 Å². The minimum Gasteiger partial charge on any atom is -0.388 e. The predicted molar refractivity (Wildman–Crippen MR) is 76.3 cm³/mol. The zero-order valence-electron chi connectivity index (χ0n) is 12.4. The smallest absolute Gasteiger partial charge is 0.123 e. The molecule has 19 heavy (non-hydrogen) atoms. The van der Waals surface area contributed by atoms with Crippen molar-refractivity contribution in [1.29, 1.82) is 0 Å². The van der Waals surface area contributed by atoms with E-state index in [1.807, 2.05) is 0 Å². The van der Waals surface area contributed by atoms with Gasteiger partial charge in [-0.1, -0.05) is 52.7 Å². The Morgan fingerprint density at radius 3 is 2.32 bits per heavy atom. The number of hydrogen-bond donors (Lipinski definition) is 1. The van der Waals surface area contributed by atoms with Gasteiger partial charge in [-0.3, -0.25) is 0 Å². The van der Waals surface area contributed by atoms with Gasteiger partial charge in [0.15, 0.2) is 0 Å². The summed E-state index contributed by atoms with van der Waals surface area (Å²) >= 11 is 0. The Morgan fingerprint density at radius 1 is 1.21 bits per heavy atom. The summed E-state index contributed by atoms with van der Waals surface area (Å²) in [6, 6.07) is 6.29. The molecule has 0 aliphatic heterocycles. The second-order valence-corrected chi connectivity index (χ2v) is 6.91. The van der Waals surface area contributed by atoms with E-state index in [0.717, 1.165) is 18.4 Å². The molecule has 1 aliphatic rings. The number of aliphatic hydroxyl groups excluding tert-OH is 1. The van der Waals surface area contributed by atoms with Crippen LogP contribution in [-0.4, -0.2) is 5.11 Å². The lowest BCUT2D eigenvalue weighted by atomic mass is 9.51. The number of halogens is 1. The monoisotopic (exact) mass is 264 g/mol. The van der Waals surface area contributed by atoms with Gasteiger partial charge < -0.3 is 5.11 Å². The molecule has 1 saturated carbocycles. The first-order chi connectivity index (χ1) is 8.79. The van der Waals surface area contributed by atoms with Crippen LogP contribution >= 0.6 is 0 Å². The fourth-order valence-corrected chi connectivity index (χ4v) is 3.72. The van der Waals surface area contributed by atoms with Crippen LogP contribution in [0.5, 0.6) is 0 Å². The molecule has 0 bridgehead atoms. The summed E-state index contributed by atoms with van der Waals surface area (Å²) in [7, 11) is 0. The third-order valence-corrected chi connectivity index (χ3v) is 5.67. The van der Waals surface area contributed by atoms with Crippen molar-refractivity contribution in [2.45, 2.75) is 53.1 Å². The summed E-state index contributed by atoms with van der Waals surface area (Å²) in [4.78, 5) is 0. The minimum atomic E-state index is -0.543. The van der Waals surface area contributed by atoms with Crippen LogP contribution in [0.3, 0.4) is 0 Å². The van der Waals surface area contributed by atoms with E-state index in [1.54, 1.807) is 12.1 Å². The second-order valence-electron chi connectivity index (χ2n) is 6.91. The number of rotatable bonds is 2. The summed E-state index contributed by atoms with van der Waals surface area (Å²) < 4.78 is 13.0. The van der Waals surface area contributed by atoms with Gasteiger partial charge in [-0.15, -0.1) is 0 Å². The zero-order valence-corrected chi connectivity index (χ0v) is 12.4. The van der Waals surface area contributed by atoms with E-state index in [2.05, 4.69) is 27.7 Å². The van der Waals surface area contributed by atoms with Crippen LogP contribution in [0, 0.1) is 22.6 Å². The molecule has 0 aromatic heterocycles. The summed E-state index contributed by atoms with van der Waals surface area (Å²) in [5.41, 5.74) is 0.729. The van der Waals surface area contributed by atoms with Crippen LogP contribution in [0.1, 0.15) is 58.6 Å². The third-order valence-electron chi connectivity index (χ3n) is 5.67. The van der Waals surface area contributed by atoms with Crippen molar-refractivity contribution in [1.82, 2.24) is 0 Å². The van der Waals surface area contributed by atoms with Crippen LogP contribution in [-0.2, 0) is 0 Å². The topological polar surface area (TPSA) is 20.2 Å². The molecule has 0 saturated heterocycles. The molecule has 0 heterocycles. The van der Waals surface area contributed by atoms with Gasteiger partial charge in [0, 0.05) is 5.41 Å². The van der Waals surface area contributed by atoms with Gasteiger partial charge in [0.05, 0.1) is 6.10 Å². The molecule has 0 spiro atoms. The van der Waals surface area contributed by atoms with E-state index < -0.39 is 6.10 Å². The van der Waals surface area contributed by atoms with Crippen LogP contribution < -0.4 is 0 Å². The Kier molecular flexibility index (Phi) is 3.74. The summed E-state index contributed by atoms with van der Waals surface area (Å²) in [5.74, 6) is 0.202. The van der Waals surface area contributed by atoms with E-state index in [4.69, 9.17) is 0 Å². The van der Waals surface area contributed by atoms with E-state index in [0.29, 0.717) is 5.92 Å². The van der Waals surface area contributed by atoms with E-state index in [1.165, 1.54) is 18.6 Å². The fourth-order valence-electron chi connectivity index (χ4n) is 3.72. The molecule has 2 heteroatoms. The van der Waals surface area contributed by atoms with Gasteiger partial charge in [-0.2, -0.15) is 0 Å². The zero-order chi connectivity index (χ0) is 14.3. The predicted octanol–water partition coefficient (Wildman–Crippen LogP) is 4.71. The van der Waals surface area contributed by atoms with Crippen molar-refractivity contribution in [3.63, 3.8) is 0 Å². The molecule has 1 fully saturated rings. The van der Waals surface area contributed by atoms with E-state index in [-0.39, 0.29) is 16.6 Å². The lowest BCUT2D eigenvalue weighted by molar-refractivity contribution is -0.115. The Hall–Kier alpha value is -0.890. The summed E-state index contributed by atoms with van der Waals surface area (Å²) in [6.45, 7) is 8.91. The molecule has 0 radical (unpaired) electrons. The molecule has 1 aromatic rings. The molecule has 0 amide bonds. The largest absolute Gasteiger partial charge is 0.388 e. The normalized spacial score (nSPS) is 32.0. The Morgan fingerprint density at radius 2 is 1.79 bits per heavy atom. The van der Waals surface area contributed by atoms with E-state index in [9.17, 15) is 9.50 Å². The van der Waals surface area contributed by atoms with Crippen LogP contribution in [0.25, 0.3) is 0 Å². The SMILES string of the molecule is C[C@H]1CCCC(C)(C)[C@]1(C)C(O)c1ccc(F)cc1. The molecular weight excluding hydrogens is 239 g/mol. The van der Waals surface area contributed by atoms with Gasteiger partial charge in [0.2, 0.25) is 0 Å². The van der Waals surface area contributed by atoms with Crippen LogP contribution in [0.2, 0.25) is 0 Å². The molecule has 1 aromatic carbocycles. The molecule has 3 atom stereocenters. The molecular formula is C17H25FO. The highest BCUT2D eigenvalue weighted by Crippen LogP contribution is 2.59. The molecule has 106 valence electrons. The van der Waals surface area contributed by atoms with Gasteiger partial charge in [0.1, 0.15) is 5.82 Å². The van der Waals surface area contributed by atoms with Gasteiger partial charge in [-0.25, -0.2) is 4.39 Å². The Balaban J connectivity index is 2.38. The average Bonchev–Trinajstić information content (AvgIpc) is 2.35. The van der Waals surface area contributed by atoms with E-state index >= 15 is 0 Å². The highest BCUT2D eigenvalue weighted by Gasteiger charge is 2.51. The lowest BCUT2D eigenvalue weighted by Gasteiger charge is -2.54. The van der Waals surface area contributed by atoms with Crippen LogP contribution in [0.15, 0.2) is 24.3 Å². The summed E-state index contributed by atoms with van der Waals surface area (Å²) in [6.07, 6.45) is 2.96. The Labute approximate surface area is 115 Å². The van der Waals surface area contributed by atoms with Gasteiger partial charge in [-0.05, 0) is 35.4 Å². The van der Waals surface area contributed by atoms with Crippen molar-refractivity contribution in [2.24, 2.45) is 16.7 Å². The van der Waals surface area contributed by atoms with Crippen molar-refractivity contribution < 1.29 is 9.50 Å². The van der Waals surface area contributed by atoms with Crippen molar-refractivity contribution >= 4 is 0 Å². The first-order valence-corrected chi connectivity index (χ1v) is 7.22. The maximum atomic E-state index is 13.0. The van der Waals surface area contributed by atoms with Crippen LogP contribution in [0.4, 0.5) is 4.39 Å². The first kappa shape index (κ1) is 14.5.